The van der Waals surface area contributed by atoms with E-state index in [0.29, 0.717) is 30.2 Å². The Bertz CT molecular complexity index is 1360. The Labute approximate surface area is 204 Å². The van der Waals surface area contributed by atoms with Crippen LogP contribution in [0.3, 0.4) is 0 Å². The Kier molecular flexibility index (Phi) is 5.40. The zero-order valence-electron chi connectivity index (χ0n) is 20.5. The van der Waals surface area contributed by atoms with Crippen LogP contribution in [-0.2, 0) is 5.54 Å². The Morgan fingerprint density at radius 1 is 1.11 bits per heavy atom. The molecule has 1 saturated carbocycles. The van der Waals surface area contributed by atoms with Crippen molar-refractivity contribution in [3.63, 3.8) is 0 Å². The molecule has 1 spiro atoms. The van der Waals surface area contributed by atoms with Crippen LogP contribution < -0.4 is 15.6 Å². The summed E-state index contributed by atoms with van der Waals surface area (Å²) in [4.78, 5) is 33.4. The first-order valence-electron chi connectivity index (χ1n) is 12.7. The molecule has 35 heavy (non-hydrogen) atoms. The van der Waals surface area contributed by atoms with Gasteiger partial charge >= 0.3 is 0 Å². The van der Waals surface area contributed by atoms with Crippen molar-refractivity contribution < 1.29 is 9.53 Å². The number of aromatic nitrogens is 4. The lowest BCUT2D eigenvalue weighted by Crippen LogP contribution is -2.37. The lowest BCUT2D eigenvalue weighted by Gasteiger charge is -2.26. The van der Waals surface area contributed by atoms with E-state index in [1.165, 1.54) is 19.2 Å². The molecule has 3 aliphatic rings. The molecule has 0 amide bonds. The second-order valence-electron chi connectivity index (χ2n) is 10.3. The van der Waals surface area contributed by atoms with Gasteiger partial charge in [-0.2, -0.15) is 5.10 Å². The van der Waals surface area contributed by atoms with Crippen LogP contribution in [0.5, 0.6) is 5.75 Å². The first-order valence-corrected chi connectivity index (χ1v) is 12.7. The molecule has 5 heterocycles. The highest BCUT2D eigenvalue weighted by atomic mass is 16.5. The second-order valence-corrected chi connectivity index (χ2v) is 10.3. The van der Waals surface area contributed by atoms with Crippen LogP contribution >= 0.6 is 0 Å². The molecule has 0 bridgehead atoms. The van der Waals surface area contributed by atoms with E-state index in [0.717, 1.165) is 67.7 Å². The minimum atomic E-state index is -0.367. The summed E-state index contributed by atoms with van der Waals surface area (Å²) < 4.78 is 9.64. The van der Waals surface area contributed by atoms with E-state index in [2.05, 4.69) is 20.3 Å². The van der Waals surface area contributed by atoms with Crippen molar-refractivity contribution in [1.82, 2.24) is 24.1 Å². The van der Waals surface area contributed by atoms with Crippen LogP contribution in [0.2, 0.25) is 0 Å². The van der Waals surface area contributed by atoms with Gasteiger partial charge in [-0.1, -0.05) is 12.8 Å². The molecule has 3 aromatic rings. The molecule has 0 unspecified atom stereocenters. The number of aryl methyl sites for hydroxylation is 2. The number of Topliss-reactive ketones (excluding diaryl/α,β-unsaturated/α-hetero) is 1. The number of pyridine rings is 1. The molecule has 9 heteroatoms. The topological polar surface area (TPSA) is 93.8 Å². The average Bonchev–Trinajstić information content (AvgIpc) is 3.62. The highest BCUT2D eigenvalue weighted by Gasteiger charge is 2.46. The maximum absolute atomic E-state index is 13.7. The van der Waals surface area contributed by atoms with Gasteiger partial charge in [0.05, 0.1) is 17.4 Å². The summed E-state index contributed by atoms with van der Waals surface area (Å²) in [6, 6.07) is 1.78. The molecule has 3 aromatic heterocycles. The number of fused-ring (bicyclic) bond motifs is 3. The van der Waals surface area contributed by atoms with E-state index in [1.54, 1.807) is 15.1 Å². The van der Waals surface area contributed by atoms with E-state index in [1.807, 2.05) is 20.0 Å². The van der Waals surface area contributed by atoms with Crippen LogP contribution in [0, 0.1) is 13.8 Å². The number of hydrogen-bond donors (Lipinski definition) is 1. The number of ether oxygens (including phenoxy) is 1. The lowest BCUT2D eigenvalue weighted by molar-refractivity contribution is 0.0970. The van der Waals surface area contributed by atoms with Gasteiger partial charge in [-0.25, -0.2) is 9.50 Å². The summed E-state index contributed by atoms with van der Waals surface area (Å²) >= 11 is 0. The lowest BCUT2D eigenvalue weighted by atomic mass is 9.94. The molecule has 1 saturated heterocycles. The molecule has 9 nitrogen and oxygen atoms in total. The molecule has 2 fully saturated rings. The van der Waals surface area contributed by atoms with E-state index in [-0.39, 0.29) is 16.9 Å². The monoisotopic (exact) mass is 476 g/mol. The normalized spacial score (nSPS) is 19.2. The molecule has 6 rings (SSSR count). The first-order chi connectivity index (χ1) is 17.0. The fourth-order valence-electron chi connectivity index (χ4n) is 6.32. The maximum Gasteiger partial charge on any atom is 0.275 e. The van der Waals surface area contributed by atoms with E-state index in [4.69, 9.17) is 4.74 Å². The standard InChI is InChI=1S/C26H32N6O3/c1-17-13-19(25(34)32-22(17)20(33)14-26(32)7-3-4-8-26)29-24-23-18(2)21(15-31(23)28-16-27-24)35-12-11-30-9-5-6-10-30/h13,15-16H,3-12,14H2,1-2H3,(H,27,28,29). The fraction of sp³-hybridized carbons (Fsp3) is 0.538. The first kappa shape index (κ1) is 22.3. The van der Waals surface area contributed by atoms with Crippen LogP contribution in [0.1, 0.15) is 66.6 Å². The zero-order chi connectivity index (χ0) is 24.2. The van der Waals surface area contributed by atoms with Crippen LogP contribution in [0.25, 0.3) is 5.52 Å². The number of nitrogens with one attached hydrogen (secondary N) is 1. The second kappa shape index (κ2) is 8.48. The van der Waals surface area contributed by atoms with Gasteiger partial charge in [0.2, 0.25) is 0 Å². The van der Waals surface area contributed by atoms with Gasteiger partial charge in [0.15, 0.2) is 11.6 Å². The van der Waals surface area contributed by atoms with Gasteiger partial charge in [0.25, 0.3) is 5.56 Å². The summed E-state index contributed by atoms with van der Waals surface area (Å²) in [7, 11) is 0. The molecule has 1 N–H and O–H groups in total. The zero-order valence-corrected chi connectivity index (χ0v) is 20.5. The highest BCUT2D eigenvalue weighted by Crippen LogP contribution is 2.45. The third-order valence-corrected chi connectivity index (χ3v) is 8.05. The van der Waals surface area contributed by atoms with E-state index < -0.39 is 0 Å². The molecule has 2 aliphatic heterocycles. The van der Waals surface area contributed by atoms with Crippen molar-refractivity contribution in [1.29, 1.82) is 0 Å². The van der Waals surface area contributed by atoms with Crippen LogP contribution in [-0.4, -0.2) is 56.1 Å². The molecule has 0 radical (unpaired) electrons. The van der Waals surface area contributed by atoms with Gasteiger partial charge in [0, 0.05) is 18.5 Å². The van der Waals surface area contributed by atoms with Crippen molar-refractivity contribution in [2.75, 3.05) is 31.6 Å². The summed E-state index contributed by atoms with van der Waals surface area (Å²) in [5.74, 6) is 1.40. The Morgan fingerprint density at radius 3 is 2.66 bits per heavy atom. The summed E-state index contributed by atoms with van der Waals surface area (Å²) in [6.45, 7) is 7.71. The molecule has 0 atom stereocenters. The highest BCUT2D eigenvalue weighted by molar-refractivity contribution is 5.99. The average molecular weight is 477 g/mol. The minimum Gasteiger partial charge on any atom is -0.490 e. The number of nitrogens with zero attached hydrogens (tertiary/aromatic N) is 5. The maximum atomic E-state index is 13.7. The van der Waals surface area contributed by atoms with E-state index in [9.17, 15) is 9.59 Å². The third-order valence-electron chi connectivity index (χ3n) is 8.05. The number of hydrogen-bond acceptors (Lipinski definition) is 7. The minimum absolute atomic E-state index is 0.0793. The number of anilines is 2. The summed E-state index contributed by atoms with van der Waals surface area (Å²) in [5.41, 5.74) is 3.01. The number of ketones is 1. The van der Waals surface area contributed by atoms with E-state index >= 15 is 0 Å². The summed E-state index contributed by atoms with van der Waals surface area (Å²) in [5, 5.41) is 7.64. The van der Waals surface area contributed by atoms with Crippen molar-refractivity contribution in [2.24, 2.45) is 0 Å². The van der Waals surface area contributed by atoms with Crippen molar-refractivity contribution >= 4 is 22.8 Å². The van der Waals surface area contributed by atoms with Gasteiger partial charge in [-0.05, 0) is 64.3 Å². The van der Waals surface area contributed by atoms with Crippen LogP contribution in [0.15, 0.2) is 23.4 Å². The number of carbonyl (C=O) groups is 1. The predicted octanol–water partition coefficient (Wildman–Crippen LogP) is 3.58. The Hall–Kier alpha value is -3.20. The molecule has 184 valence electrons. The van der Waals surface area contributed by atoms with Crippen molar-refractivity contribution in [2.45, 2.75) is 64.3 Å². The van der Waals surface area contributed by atoms with Gasteiger partial charge in [-0.3, -0.25) is 19.1 Å². The quantitative estimate of drug-likeness (QED) is 0.581. The summed E-state index contributed by atoms with van der Waals surface area (Å²) in [6.07, 6.45) is 10.1. The van der Waals surface area contributed by atoms with Gasteiger partial charge in [-0.15, -0.1) is 0 Å². The number of rotatable bonds is 6. The van der Waals surface area contributed by atoms with Gasteiger partial charge < -0.3 is 10.1 Å². The Morgan fingerprint density at radius 2 is 1.89 bits per heavy atom. The van der Waals surface area contributed by atoms with Gasteiger partial charge in [0.1, 0.15) is 29.9 Å². The Balaban J connectivity index is 1.33. The van der Waals surface area contributed by atoms with Crippen molar-refractivity contribution in [3.05, 3.63) is 45.8 Å². The number of likely N-dealkylation sites (tertiary alicyclic amines) is 1. The molecule has 0 aromatic carbocycles. The smallest absolute Gasteiger partial charge is 0.275 e. The molecule has 1 aliphatic carbocycles. The van der Waals surface area contributed by atoms with Crippen molar-refractivity contribution in [3.8, 4) is 5.75 Å². The fourth-order valence-corrected chi connectivity index (χ4v) is 6.32. The molecular formula is C26H32N6O3. The SMILES string of the molecule is Cc1cc(Nc2ncnn3cc(OCCN4CCCC4)c(C)c23)c(=O)n2c1C(=O)CC21CCCC1. The predicted molar refractivity (Wildman–Crippen MR) is 133 cm³/mol. The number of carbonyl (C=O) groups excluding carboxylic acids is 1. The largest absolute Gasteiger partial charge is 0.490 e. The third kappa shape index (κ3) is 3.64. The van der Waals surface area contributed by atoms with Crippen LogP contribution in [0.4, 0.5) is 11.5 Å². The molecular weight excluding hydrogens is 444 g/mol.